The van der Waals surface area contributed by atoms with Gasteiger partial charge in [0.25, 0.3) is 11.6 Å². The molecule has 0 bridgehead atoms. The maximum Gasteiger partial charge on any atom is 0.269 e. The van der Waals surface area contributed by atoms with Crippen molar-refractivity contribution >= 4 is 60.8 Å². The molecule has 0 aliphatic rings. The number of hydrogen-bond donors (Lipinski definition) is 1. The molecule has 0 heterocycles. The Morgan fingerprint density at radius 1 is 1.15 bits per heavy atom. The van der Waals surface area contributed by atoms with Crippen LogP contribution in [0, 0.1) is 28.4 Å². The molecule has 0 aliphatic carbocycles. The van der Waals surface area contributed by atoms with Crippen molar-refractivity contribution in [2.45, 2.75) is 6.92 Å². The number of rotatable bonds is 7. The number of amides is 1. The van der Waals surface area contributed by atoms with E-state index in [1.807, 2.05) is 19.1 Å². The zero-order valence-corrected chi connectivity index (χ0v) is 20.5. The number of ether oxygens (including phenoxy) is 1. The molecule has 0 unspecified atom stereocenters. The Bertz CT molecular complexity index is 1260. The van der Waals surface area contributed by atoms with E-state index in [9.17, 15) is 20.2 Å². The molecule has 33 heavy (non-hydrogen) atoms. The quantitative estimate of drug-likeness (QED) is 0.151. The zero-order chi connectivity index (χ0) is 24.0. The molecular formula is C24H17Br2N3O4. The number of carbonyl (C=O) groups is 1. The molecule has 0 saturated heterocycles. The van der Waals surface area contributed by atoms with E-state index in [1.165, 1.54) is 24.3 Å². The Labute approximate surface area is 207 Å². The predicted octanol–water partition coefficient (Wildman–Crippen LogP) is 6.51. The highest BCUT2D eigenvalue weighted by Crippen LogP contribution is 2.35. The zero-order valence-electron chi connectivity index (χ0n) is 17.3. The molecule has 7 nitrogen and oxygen atoms in total. The van der Waals surface area contributed by atoms with Crippen molar-refractivity contribution in [1.82, 2.24) is 0 Å². The minimum atomic E-state index is -0.501. The molecule has 0 saturated carbocycles. The van der Waals surface area contributed by atoms with Crippen molar-refractivity contribution in [2.75, 3.05) is 11.9 Å². The number of halogens is 2. The van der Waals surface area contributed by atoms with Crippen LogP contribution >= 0.6 is 31.9 Å². The van der Waals surface area contributed by atoms with Crippen molar-refractivity contribution < 1.29 is 14.5 Å². The molecule has 3 rings (SSSR count). The molecule has 0 atom stereocenters. The van der Waals surface area contributed by atoms with Gasteiger partial charge in [-0.05, 0) is 70.9 Å². The molecule has 0 radical (unpaired) electrons. The fourth-order valence-electron chi connectivity index (χ4n) is 2.91. The largest absolute Gasteiger partial charge is 0.482 e. The number of nitro benzene ring substituents is 1. The van der Waals surface area contributed by atoms with Crippen molar-refractivity contribution in [3.8, 4) is 11.8 Å². The maximum absolute atomic E-state index is 12.4. The Morgan fingerprint density at radius 2 is 1.82 bits per heavy atom. The number of allylic oxidation sites excluding steroid dienone is 1. The summed E-state index contributed by atoms with van der Waals surface area (Å²) < 4.78 is 7.11. The first-order chi connectivity index (χ1) is 15.8. The number of nitrogens with one attached hydrogen (secondary N) is 1. The molecule has 0 aliphatic heterocycles. The van der Waals surface area contributed by atoms with Gasteiger partial charge in [-0.25, -0.2) is 0 Å². The van der Waals surface area contributed by atoms with Crippen LogP contribution in [0.25, 0.3) is 11.6 Å². The average Bonchev–Trinajstić information content (AvgIpc) is 2.78. The number of hydrogen-bond acceptors (Lipinski definition) is 5. The number of benzene rings is 3. The molecule has 9 heteroatoms. The van der Waals surface area contributed by atoms with Gasteiger partial charge >= 0.3 is 0 Å². The summed E-state index contributed by atoms with van der Waals surface area (Å²) in [6.45, 7) is 1.72. The van der Waals surface area contributed by atoms with Crippen molar-refractivity contribution in [3.05, 3.63) is 96.4 Å². The van der Waals surface area contributed by atoms with Gasteiger partial charge < -0.3 is 10.1 Å². The molecule has 0 aromatic heterocycles. The summed E-state index contributed by atoms with van der Waals surface area (Å²) in [6.07, 6.45) is 1.60. The monoisotopic (exact) mass is 569 g/mol. The predicted molar refractivity (Wildman–Crippen MR) is 134 cm³/mol. The second-order valence-electron chi connectivity index (χ2n) is 6.98. The first-order valence-corrected chi connectivity index (χ1v) is 11.2. The van der Waals surface area contributed by atoms with Gasteiger partial charge in [-0.1, -0.05) is 33.6 Å². The average molecular weight is 571 g/mol. The second-order valence-corrected chi connectivity index (χ2v) is 8.75. The van der Waals surface area contributed by atoms with E-state index in [0.717, 1.165) is 10.0 Å². The third kappa shape index (κ3) is 6.51. The van der Waals surface area contributed by atoms with Crippen LogP contribution in [0.4, 0.5) is 11.4 Å². The second kappa shape index (κ2) is 10.9. The van der Waals surface area contributed by atoms with Gasteiger partial charge in [-0.15, -0.1) is 0 Å². The van der Waals surface area contributed by atoms with E-state index < -0.39 is 4.92 Å². The van der Waals surface area contributed by atoms with Crippen LogP contribution in [0.15, 0.2) is 69.6 Å². The van der Waals surface area contributed by atoms with E-state index in [1.54, 1.807) is 30.3 Å². The van der Waals surface area contributed by atoms with Crippen molar-refractivity contribution in [1.29, 1.82) is 5.26 Å². The van der Waals surface area contributed by atoms with Crippen LogP contribution in [0.2, 0.25) is 0 Å². The number of aryl methyl sites for hydroxylation is 1. The SMILES string of the molecule is Cc1ccc(NC(=O)COc2c(Br)cc(Br)cc2/C=C(\C#N)c2ccc([N+](=O)[O-])cc2)cc1. The lowest BCUT2D eigenvalue weighted by Gasteiger charge is -2.13. The first kappa shape index (κ1) is 24.2. The highest BCUT2D eigenvalue weighted by Gasteiger charge is 2.14. The highest BCUT2D eigenvalue weighted by molar-refractivity contribution is 9.11. The summed E-state index contributed by atoms with van der Waals surface area (Å²) in [6, 6.07) is 18.7. The van der Waals surface area contributed by atoms with Crippen LogP contribution in [0.3, 0.4) is 0 Å². The van der Waals surface area contributed by atoms with Crippen LogP contribution in [-0.4, -0.2) is 17.4 Å². The summed E-state index contributed by atoms with van der Waals surface area (Å²) in [5.41, 5.74) is 3.03. The smallest absolute Gasteiger partial charge is 0.269 e. The molecule has 1 amide bonds. The lowest BCUT2D eigenvalue weighted by molar-refractivity contribution is -0.384. The van der Waals surface area contributed by atoms with Crippen LogP contribution in [0.5, 0.6) is 5.75 Å². The topological polar surface area (TPSA) is 105 Å². The minimum Gasteiger partial charge on any atom is -0.482 e. The van der Waals surface area contributed by atoms with Crippen molar-refractivity contribution in [2.24, 2.45) is 0 Å². The Morgan fingerprint density at radius 3 is 2.42 bits per heavy atom. The van der Waals surface area contributed by atoms with Crippen LogP contribution < -0.4 is 10.1 Å². The summed E-state index contributed by atoms with van der Waals surface area (Å²) in [4.78, 5) is 22.7. The van der Waals surface area contributed by atoms with E-state index >= 15 is 0 Å². The molecular weight excluding hydrogens is 554 g/mol. The molecule has 3 aromatic carbocycles. The summed E-state index contributed by atoms with van der Waals surface area (Å²) in [7, 11) is 0. The Kier molecular flexibility index (Phi) is 7.98. The number of anilines is 1. The van der Waals surface area contributed by atoms with Gasteiger partial charge in [0.05, 0.1) is 21.0 Å². The molecule has 1 N–H and O–H groups in total. The lowest BCUT2D eigenvalue weighted by Crippen LogP contribution is -2.20. The third-order valence-electron chi connectivity index (χ3n) is 4.53. The normalized spacial score (nSPS) is 10.9. The standard InChI is InChI=1S/C24H17Br2N3O4/c1-15-2-6-20(7-3-15)28-23(30)14-33-24-17(11-19(25)12-22(24)26)10-18(13-27)16-4-8-21(9-5-16)29(31)32/h2-12H,14H2,1H3,(H,28,30)/b18-10+. The van der Waals surface area contributed by atoms with E-state index in [4.69, 9.17) is 4.74 Å². The van der Waals surface area contributed by atoms with Gasteiger partial charge in [0.1, 0.15) is 5.75 Å². The van der Waals surface area contributed by atoms with E-state index in [0.29, 0.717) is 27.0 Å². The molecule has 0 spiro atoms. The van der Waals surface area contributed by atoms with E-state index in [-0.39, 0.29) is 23.8 Å². The third-order valence-corrected chi connectivity index (χ3v) is 5.58. The van der Waals surface area contributed by atoms with Crippen LogP contribution in [-0.2, 0) is 4.79 Å². The number of nitriles is 1. The molecule has 0 fully saturated rings. The number of nitrogens with zero attached hydrogens (tertiary/aromatic N) is 2. The fourth-order valence-corrected chi connectivity index (χ4v) is 4.28. The van der Waals surface area contributed by atoms with Gasteiger partial charge in [-0.2, -0.15) is 5.26 Å². The number of nitro groups is 1. The highest BCUT2D eigenvalue weighted by atomic mass is 79.9. The Hall–Kier alpha value is -3.48. The fraction of sp³-hybridized carbons (Fsp3) is 0.0833. The van der Waals surface area contributed by atoms with Gasteiger partial charge in [0.2, 0.25) is 0 Å². The van der Waals surface area contributed by atoms with Gasteiger partial charge in [0.15, 0.2) is 6.61 Å². The molecule has 166 valence electrons. The number of non-ortho nitro benzene ring substituents is 1. The Balaban J connectivity index is 1.85. The van der Waals surface area contributed by atoms with Gasteiger partial charge in [-0.3, -0.25) is 14.9 Å². The van der Waals surface area contributed by atoms with Crippen molar-refractivity contribution in [3.63, 3.8) is 0 Å². The molecule has 3 aromatic rings. The van der Waals surface area contributed by atoms with Gasteiger partial charge in [0, 0.05) is 27.9 Å². The summed E-state index contributed by atoms with van der Waals surface area (Å²) in [5.74, 6) is 0.0476. The van der Waals surface area contributed by atoms with E-state index in [2.05, 4.69) is 43.2 Å². The maximum atomic E-state index is 12.4. The minimum absolute atomic E-state index is 0.0650. The van der Waals surface area contributed by atoms with Crippen LogP contribution in [0.1, 0.15) is 16.7 Å². The summed E-state index contributed by atoms with van der Waals surface area (Å²) in [5, 5.41) is 23.3. The first-order valence-electron chi connectivity index (χ1n) is 9.62. The summed E-state index contributed by atoms with van der Waals surface area (Å²) >= 11 is 6.86. The lowest BCUT2D eigenvalue weighted by atomic mass is 10.0. The number of carbonyl (C=O) groups excluding carboxylic acids is 1.